The van der Waals surface area contributed by atoms with Crippen molar-refractivity contribution in [3.63, 3.8) is 0 Å². The fourth-order valence-electron chi connectivity index (χ4n) is 2.42. The molecule has 0 bridgehead atoms. The summed E-state index contributed by atoms with van der Waals surface area (Å²) in [6, 6.07) is 5.47. The normalized spacial score (nSPS) is 19.3. The molecule has 28 heavy (non-hydrogen) atoms. The molecule has 3 amide bonds. The van der Waals surface area contributed by atoms with E-state index in [-0.39, 0.29) is 5.69 Å². The highest BCUT2D eigenvalue weighted by atomic mass is 32.2. The number of aromatic nitrogens is 2. The minimum atomic E-state index is -1.00. The van der Waals surface area contributed by atoms with Crippen molar-refractivity contribution in [3.05, 3.63) is 52.3 Å². The van der Waals surface area contributed by atoms with Crippen molar-refractivity contribution < 1.29 is 14.5 Å². The first-order valence-corrected chi connectivity index (χ1v) is 9.09. The first-order valence-electron chi connectivity index (χ1n) is 8.28. The van der Waals surface area contributed by atoms with Crippen LogP contribution in [-0.2, 0) is 4.79 Å². The minimum absolute atomic E-state index is 0.156. The Morgan fingerprint density at radius 2 is 2.07 bits per heavy atom. The zero-order valence-corrected chi connectivity index (χ0v) is 15.8. The number of imide groups is 1. The lowest BCUT2D eigenvalue weighted by Crippen LogP contribution is -2.42. The van der Waals surface area contributed by atoms with E-state index >= 15 is 0 Å². The van der Waals surface area contributed by atoms with Crippen LogP contribution in [0, 0.1) is 10.1 Å². The minimum Gasteiger partial charge on any atom is -0.322 e. The molecule has 1 atom stereocenters. The van der Waals surface area contributed by atoms with E-state index in [2.05, 4.69) is 20.4 Å². The lowest BCUT2D eigenvalue weighted by atomic mass is 10.00. The number of rotatable bonds is 6. The molecule has 2 aromatic rings. The summed E-state index contributed by atoms with van der Waals surface area (Å²) in [5.41, 5.74) is -0.788. The molecule has 0 spiro atoms. The van der Waals surface area contributed by atoms with Crippen LogP contribution in [-0.4, -0.2) is 43.6 Å². The highest BCUT2D eigenvalue weighted by Crippen LogP contribution is 2.33. The molecule has 11 heteroatoms. The van der Waals surface area contributed by atoms with Crippen LogP contribution in [0.4, 0.5) is 10.5 Å². The van der Waals surface area contributed by atoms with Gasteiger partial charge in [0.2, 0.25) is 0 Å². The van der Waals surface area contributed by atoms with Crippen molar-refractivity contribution >= 4 is 35.6 Å². The average molecular weight is 400 g/mol. The lowest BCUT2D eigenvalue weighted by Gasteiger charge is -2.17. The van der Waals surface area contributed by atoms with Gasteiger partial charge < -0.3 is 5.32 Å². The summed E-state index contributed by atoms with van der Waals surface area (Å²) < 4.78 is 0. The Morgan fingerprint density at radius 1 is 1.36 bits per heavy atom. The number of hydrogen-bond donors (Lipinski definition) is 1. The fourth-order valence-corrected chi connectivity index (χ4v) is 3.22. The van der Waals surface area contributed by atoms with Gasteiger partial charge in [-0.15, -0.1) is 5.01 Å². The number of carbonyl (C=O) groups is 2. The molecule has 1 aromatic carbocycles. The van der Waals surface area contributed by atoms with Gasteiger partial charge in [-0.2, -0.15) is 5.10 Å². The van der Waals surface area contributed by atoms with Gasteiger partial charge in [0, 0.05) is 24.0 Å². The Bertz CT molecular complexity index is 967. The smallest absolute Gasteiger partial charge is 0.322 e. The second kappa shape index (κ2) is 7.72. The van der Waals surface area contributed by atoms with Gasteiger partial charge in [0.25, 0.3) is 11.6 Å². The number of hydrazone groups is 1. The maximum atomic E-state index is 12.3. The summed E-state index contributed by atoms with van der Waals surface area (Å²) in [6.45, 7) is 3.40. The Morgan fingerprint density at radius 3 is 2.68 bits per heavy atom. The summed E-state index contributed by atoms with van der Waals surface area (Å²) in [7, 11) is 0. The van der Waals surface area contributed by atoms with Crippen molar-refractivity contribution in [1.29, 1.82) is 0 Å². The van der Waals surface area contributed by atoms with E-state index < -0.39 is 22.4 Å². The number of hydrogen-bond acceptors (Lipinski definition) is 8. The van der Waals surface area contributed by atoms with Crippen molar-refractivity contribution in [3.8, 4) is 0 Å². The third-order valence-electron chi connectivity index (χ3n) is 4.19. The topological polar surface area (TPSA) is 131 Å². The summed E-state index contributed by atoms with van der Waals surface area (Å²) in [5.74, 6) is -0.473. The van der Waals surface area contributed by atoms with Crippen LogP contribution >= 0.6 is 11.8 Å². The van der Waals surface area contributed by atoms with E-state index in [1.54, 1.807) is 44.4 Å². The quantitative estimate of drug-likeness (QED) is 0.259. The first kappa shape index (κ1) is 19.4. The van der Waals surface area contributed by atoms with Gasteiger partial charge in [-0.25, -0.2) is 14.8 Å². The van der Waals surface area contributed by atoms with Crippen LogP contribution < -0.4 is 5.32 Å². The molecule has 1 saturated heterocycles. The average Bonchev–Trinajstić information content (AvgIpc) is 2.90. The van der Waals surface area contributed by atoms with Crippen molar-refractivity contribution in [2.75, 3.05) is 0 Å². The van der Waals surface area contributed by atoms with E-state index in [0.717, 1.165) is 16.8 Å². The van der Waals surface area contributed by atoms with E-state index in [4.69, 9.17) is 0 Å². The molecule has 0 radical (unpaired) electrons. The molecule has 1 aliphatic heterocycles. The van der Waals surface area contributed by atoms with Crippen molar-refractivity contribution in [1.82, 2.24) is 20.3 Å². The number of nitro benzene ring substituents is 1. The fraction of sp³-hybridized carbons (Fsp3) is 0.235. The van der Waals surface area contributed by atoms with Crippen LogP contribution in [0.25, 0.3) is 0 Å². The van der Waals surface area contributed by atoms with Gasteiger partial charge in [-0.05, 0) is 37.2 Å². The second-order valence-electron chi connectivity index (χ2n) is 6.10. The van der Waals surface area contributed by atoms with Crippen molar-refractivity contribution in [2.24, 2.45) is 5.10 Å². The standard InChI is InChI=1S/C17H16N6O4S/c1-3-17(2)14(24)22(16(25)21-17)20-10-11-5-6-13(12(9-11)23(26)27)28-15-18-7-4-8-19-15/h4-10H,3H2,1-2H3,(H,21,25)/b20-10-/t17-/m1/s1. The maximum absolute atomic E-state index is 12.3. The Balaban J connectivity index is 1.84. The van der Waals surface area contributed by atoms with Crippen LogP contribution in [0.1, 0.15) is 25.8 Å². The predicted molar refractivity (Wildman–Crippen MR) is 101 cm³/mol. The molecule has 0 unspecified atom stereocenters. The van der Waals surface area contributed by atoms with Gasteiger partial charge in [-0.1, -0.05) is 13.0 Å². The summed E-state index contributed by atoms with van der Waals surface area (Å²) in [6.07, 6.45) is 4.75. The van der Waals surface area contributed by atoms with Gasteiger partial charge in [0.1, 0.15) is 5.54 Å². The maximum Gasteiger partial charge on any atom is 0.346 e. The molecular weight excluding hydrogens is 384 g/mol. The second-order valence-corrected chi connectivity index (χ2v) is 7.10. The third kappa shape index (κ3) is 3.83. The number of carbonyl (C=O) groups excluding carboxylic acids is 2. The van der Waals surface area contributed by atoms with Crippen LogP contribution in [0.2, 0.25) is 0 Å². The predicted octanol–water partition coefficient (Wildman–Crippen LogP) is 2.59. The van der Waals surface area contributed by atoms with E-state index in [0.29, 0.717) is 22.0 Å². The molecule has 10 nitrogen and oxygen atoms in total. The zero-order valence-electron chi connectivity index (χ0n) is 15.0. The monoisotopic (exact) mass is 400 g/mol. The van der Waals surface area contributed by atoms with Gasteiger partial charge in [-0.3, -0.25) is 14.9 Å². The Labute approximate surface area is 164 Å². The first-order chi connectivity index (χ1) is 13.3. The SMILES string of the molecule is CC[C@@]1(C)NC(=O)N(/N=C\c2ccc(Sc3ncccn3)c([N+](=O)[O-])c2)C1=O. The Kier molecular flexibility index (Phi) is 5.36. The molecular formula is C17H16N6O4S. The molecule has 0 aliphatic carbocycles. The number of benzene rings is 1. The van der Waals surface area contributed by atoms with Gasteiger partial charge in [0.15, 0.2) is 5.16 Å². The van der Waals surface area contributed by atoms with Crippen LogP contribution in [0.3, 0.4) is 0 Å². The molecule has 3 rings (SSSR count). The van der Waals surface area contributed by atoms with E-state index in [9.17, 15) is 19.7 Å². The summed E-state index contributed by atoms with van der Waals surface area (Å²) in [5, 5.41) is 19.0. The van der Waals surface area contributed by atoms with Crippen LogP contribution in [0.5, 0.6) is 0 Å². The number of nitrogens with one attached hydrogen (secondary N) is 1. The molecule has 144 valence electrons. The number of nitrogens with zero attached hydrogens (tertiary/aromatic N) is 5. The zero-order chi connectivity index (χ0) is 20.3. The highest BCUT2D eigenvalue weighted by Gasteiger charge is 2.46. The molecule has 1 aromatic heterocycles. The van der Waals surface area contributed by atoms with E-state index in [1.807, 2.05) is 0 Å². The highest BCUT2D eigenvalue weighted by molar-refractivity contribution is 7.99. The molecule has 0 saturated carbocycles. The number of urea groups is 1. The molecule has 1 fully saturated rings. The molecule has 2 heterocycles. The van der Waals surface area contributed by atoms with Gasteiger partial charge in [0.05, 0.1) is 16.0 Å². The largest absolute Gasteiger partial charge is 0.346 e. The number of nitro groups is 1. The Hall–Kier alpha value is -3.34. The van der Waals surface area contributed by atoms with Crippen LogP contribution in [0.15, 0.2) is 51.8 Å². The summed E-state index contributed by atoms with van der Waals surface area (Å²) >= 11 is 1.06. The molecule has 1 aliphatic rings. The van der Waals surface area contributed by atoms with Gasteiger partial charge >= 0.3 is 6.03 Å². The van der Waals surface area contributed by atoms with Crippen molar-refractivity contribution in [2.45, 2.75) is 35.9 Å². The molecule has 1 N–H and O–H groups in total. The lowest BCUT2D eigenvalue weighted by molar-refractivity contribution is -0.387. The number of amides is 3. The third-order valence-corrected chi connectivity index (χ3v) is 5.15. The summed E-state index contributed by atoms with van der Waals surface area (Å²) in [4.78, 5) is 43.6. The van der Waals surface area contributed by atoms with E-state index in [1.165, 1.54) is 12.3 Å².